The number of nitrogens with zero attached hydrogens (tertiary/aromatic N) is 4. The molecule has 1 amide bonds. The Morgan fingerprint density at radius 1 is 1.07 bits per heavy atom. The number of imidazole rings is 1. The number of halogens is 2. The third-order valence-corrected chi connectivity index (χ3v) is 9.21. The average molecular weight is 682 g/mol. The van der Waals surface area contributed by atoms with Crippen molar-refractivity contribution in [2.75, 3.05) is 13.1 Å². The van der Waals surface area contributed by atoms with E-state index in [4.69, 9.17) is 35.4 Å². The third-order valence-electron chi connectivity index (χ3n) is 7.95. The zero-order valence-corrected chi connectivity index (χ0v) is 28.2. The number of non-ortho nitro benzene ring substituents is 1. The second kappa shape index (κ2) is 17.1. The van der Waals surface area contributed by atoms with Gasteiger partial charge in [-0.2, -0.15) is 0 Å². The summed E-state index contributed by atoms with van der Waals surface area (Å²) in [6.45, 7) is 6.18. The van der Waals surface area contributed by atoms with Gasteiger partial charge in [-0.3, -0.25) is 14.9 Å². The van der Waals surface area contributed by atoms with E-state index in [1.807, 2.05) is 39.8 Å². The Kier molecular flexibility index (Phi) is 12.9. The molecule has 2 N–H and O–H groups in total. The maximum absolute atomic E-state index is 13.5. The number of aromatic nitrogens is 2. The van der Waals surface area contributed by atoms with E-state index in [0.717, 1.165) is 29.7 Å². The molecule has 4 aromatic rings. The lowest BCUT2D eigenvalue weighted by Gasteiger charge is -2.33. The quantitative estimate of drug-likeness (QED) is 0.0805. The number of hydrogen-bond donors (Lipinski definition) is 2. The number of carbonyl (C=O) groups excluding carboxylic acids is 1. The van der Waals surface area contributed by atoms with Gasteiger partial charge in [-0.25, -0.2) is 4.98 Å². The summed E-state index contributed by atoms with van der Waals surface area (Å²) >= 11 is 18.8. The van der Waals surface area contributed by atoms with Gasteiger partial charge in [0.15, 0.2) is 5.11 Å². The molecule has 3 aromatic carbocycles. The van der Waals surface area contributed by atoms with Crippen LogP contribution in [0.25, 0.3) is 0 Å². The first kappa shape index (κ1) is 34.9. The summed E-state index contributed by atoms with van der Waals surface area (Å²) in [6, 6.07) is 21.9. The summed E-state index contributed by atoms with van der Waals surface area (Å²) in [5, 5.41) is 19.2. The number of hydrogen-bond acceptors (Lipinski definition) is 5. The van der Waals surface area contributed by atoms with E-state index in [0.29, 0.717) is 41.3 Å². The first-order valence-corrected chi connectivity index (χ1v) is 16.3. The molecule has 9 nitrogen and oxygen atoms in total. The van der Waals surface area contributed by atoms with Gasteiger partial charge in [-0.15, -0.1) is 0 Å². The fourth-order valence-electron chi connectivity index (χ4n) is 5.04. The Morgan fingerprint density at radius 2 is 1.80 bits per heavy atom. The minimum absolute atomic E-state index is 0.0302. The van der Waals surface area contributed by atoms with Crippen LogP contribution >= 0.6 is 35.4 Å². The predicted molar refractivity (Wildman–Crippen MR) is 187 cm³/mol. The molecule has 1 aromatic heterocycles. The number of thiocarbonyl (C=S) groups is 1. The highest BCUT2D eigenvalue weighted by Crippen LogP contribution is 2.27. The van der Waals surface area contributed by atoms with E-state index >= 15 is 0 Å². The van der Waals surface area contributed by atoms with Gasteiger partial charge in [0.05, 0.1) is 27.7 Å². The maximum Gasteiger partial charge on any atom is 0.269 e. The summed E-state index contributed by atoms with van der Waals surface area (Å²) < 4.78 is 1.87. The molecule has 1 heterocycles. The Morgan fingerprint density at radius 3 is 2.50 bits per heavy atom. The van der Waals surface area contributed by atoms with E-state index in [2.05, 4.69) is 41.6 Å². The van der Waals surface area contributed by atoms with Gasteiger partial charge in [-0.1, -0.05) is 98.1 Å². The van der Waals surface area contributed by atoms with Crippen LogP contribution < -0.4 is 10.6 Å². The molecular weight excluding hydrogens is 643 g/mol. The summed E-state index contributed by atoms with van der Waals surface area (Å²) in [6.07, 6.45) is 5.11. The molecule has 0 fully saturated rings. The highest BCUT2D eigenvalue weighted by atomic mass is 35.5. The van der Waals surface area contributed by atoms with Gasteiger partial charge in [0.2, 0.25) is 5.91 Å². The van der Waals surface area contributed by atoms with Crippen molar-refractivity contribution in [3.8, 4) is 0 Å². The number of nitro groups is 1. The second-order valence-electron chi connectivity index (χ2n) is 11.2. The number of carbonyl (C=O) groups is 1. The molecule has 0 aliphatic rings. The number of nitrogens with one attached hydrogen (secondary N) is 2. The number of benzene rings is 3. The largest absolute Gasteiger partial charge is 0.362 e. The third kappa shape index (κ3) is 10.0. The fourth-order valence-corrected chi connectivity index (χ4v) is 5.66. The van der Waals surface area contributed by atoms with Crippen molar-refractivity contribution in [3.63, 3.8) is 0 Å². The highest BCUT2D eigenvalue weighted by Gasteiger charge is 2.24. The predicted octanol–water partition coefficient (Wildman–Crippen LogP) is 6.84. The van der Waals surface area contributed by atoms with Gasteiger partial charge >= 0.3 is 0 Å². The maximum atomic E-state index is 13.5. The van der Waals surface area contributed by atoms with Crippen molar-refractivity contribution in [3.05, 3.63) is 128 Å². The van der Waals surface area contributed by atoms with Crippen molar-refractivity contribution in [1.29, 1.82) is 0 Å². The number of nitro benzene ring substituents is 1. The van der Waals surface area contributed by atoms with Crippen LogP contribution in [-0.2, 0) is 30.7 Å². The summed E-state index contributed by atoms with van der Waals surface area (Å²) in [5.41, 5.74) is 3.68. The van der Waals surface area contributed by atoms with Crippen molar-refractivity contribution in [2.24, 2.45) is 5.92 Å². The molecule has 0 saturated heterocycles. The SMILES string of the molecule is CC[C@H](C)[C@@H](CN(Cc1cccc(Cl)c1Cl)C(=S)NCCc1ccccc1)NC(=O)Cc1cncn1Cc1ccc([N+](=O)[O-])cc1. The Labute approximate surface area is 285 Å². The molecule has 4 rings (SSSR count). The molecular formula is C34H38Cl2N6O3S. The molecule has 0 saturated carbocycles. The molecule has 242 valence electrons. The zero-order valence-electron chi connectivity index (χ0n) is 25.9. The van der Waals surface area contributed by atoms with Crippen LogP contribution in [0.15, 0.2) is 85.3 Å². The summed E-state index contributed by atoms with van der Waals surface area (Å²) in [5.74, 6) is 0.0119. The monoisotopic (exact) mass is 680 g/mol. The van der Waals surface area contributed by atoms with E-state index in [1.165, 1.54) is 17.7 Å². The second-order valence-corrected chi connectivity index (χ2v) is 12.4. The van der Waals surface area contributed by atoms with Crippen LogP contribution in [0, 0.1) is 16.0 Å². The van der Waals surface area contributed by atoms with Crippen LogP contribution in [0.1, 0.15) is 42.7 Å². The Balaban J connectivity index is 1.46. The molecule has 0 bridgehead atoms. The molecule has 0 aliphatic carbocycles. The normalized spacial score (nSPS) is 12.3. The minimum Gasteiger partial charge on any atom is -0.362 e. The molecule has 0 aliphatic heterocycles. The lowest BCUT2D eigenvalue weighted by atomic mass is 9.98. The zero-order chi connectivity index (χ0) is 33.1. The van der Waals surface area contributed by atoms with Crippen LogP contribution in [-0.4, -0.2) is 49.5 Å². The molecule has 46 heavy (non-hydrogen) atoms. The molecule has 2 atom stereocenters. The smallest absolute Gasteiger partial charge is 0.269 e. The van der Waals surface area contributed by atoms with Gasteiger partial charge in [0.25, 0.3) is 5.69 Å². The topological polar surface area (TPSA) is 105 Å². The molecule has 0 spiro atoms. The Hall–Kier alpha value is -3.99. The summed E-state index contributed by atoms with van der Waals surface area (Å²) in [7, 11) is 0. The van der Waals surface area contributed by atoms with Crippen LogP contribution in [0.2, 0.25) is 10.0 Å². The van der Waals surface area contributed by atoms with Crippen LogP contribution in [0.3, 0.4) is 0 Å². The minimum atomic E-state index is -0.428. The van der Waals surface area contributed by atoms with Crippen LogP contribution in [0.5, 0.6) is 0 Å². The van der Waals surface area contributed by atoms with Crippen molar-refractivity contribution in [2.45, 2.75) is 52.2 Å². The summed E-state index contributed by atoms with van der Waals surface area (Å²) in [4.78, 5) is 30.3. The van der Waals surface area contributed by atoms with E-state index in [-0.39, 0.29) is 30.0 Å². The van der Waals surface area contributed by atoms with Gasteiger partial charge in [-0.05, 0) is 47.3 Å². The van der Waals surface area contributed by atoms with Gasteiger partial charge in [0, 0.05) is 56.2 Å². The highest BCUT2D eigenvalue weighted by molar-refractivity contribution is 7.80. The van der Waals surface area contributed by atoms with Crippen LogP contribution in [0.4, 0.5) is 5.69 Å². The van der Waals surface area contributed by atoms with Crippen molar-refractivity contribution < 1.29 is 9.72 Å². The average Bonchev–Trinajstić information content (AvgIpc) is 3.48. The first-order valence-electron chi connectivity index (χ1n) is 15.2. The fraction of sp³-hybridized carbons (Fsp3) is 0.324. The van der Waals surface area contributed by atoms with E-state index in [1.54, 1.807) is 30.7 Å². The molecule has 0 unspecified atom stereocenters. The van der Waals surface area contributed by atoms with E-state index < -0.39 is 4.92 Å². The van der Waals surface area contributed by atoms with Crippen molar-refractivity contribution in [1.82, 2.24) is 25.1 Å². The molecule has 0 radical (unpaired) electrons. The van der Waals surface area contributed by atoms with Gasteiger partial charge < -0.3 is 20.1 Å². The standard InChI is InChI=1S/C34H38Cl2N6O3S/c1-3-24(2)31(39-32(43)18-29-19-37-23-41(29)20-26-12-14-28(15-13-26)42(44)45)22-40(21-27-10-7-11-30(35)33(27)36)34(46)38-17-16-25-8-5-4-6-9-25/h4-15,19,23-24,31H,3,16-18,20-22H2,1-2H3,(H,38,46)(H,39,43)/t24-,31+/m0/s1. The Bertz CT molecular complexity index is 1620. The van der Waals surface area contributed by atoms with Crippen molar-refractivity contribution >= 4 is 52.1 Å². The lowest BCUT2D eigenvalue weighted by molar-refractivity contribution is -0.384. The van der Waals surface area contributed by atoms with E-state index in [9.17, 15) is 14.9 Å². The molecule has 12 heteroatoms. The first-order chi connectivity index (χ1) is 22.1. The number of rotatable bonds is 15. The number of amides is 1. The van der Waals surface area contributed by atoms with Gasteiger partial charge in [0.1, 0.15) is 0 Å². The lowest BCUT2D eigenvalue weighted by Crippen LogP contribution is -2.51.